The maximum Gasteiger partial charge on any atom is 0.257 e. The molecule has 25 heavy (non-hydrogen) atoms. The third kappa shape index (κ3) is 3.88. The third-order valence-electron chi connectivity index (χ3n) is 4.49. The first kappa shape index (κ1) is 18.7. The lowest BCUT2D eigenvalue weighted by Gasteiger charge is -2.32. The van der Waals surface area contributed by atoms with Crippen LogP contribution < -0.4 is 10.6 Å². The molecule has 136 valence electrons. The fourth-order valence-electron chi connectivity index (χ4n) is 3.15. The summed E-state index contributed by atoms with van der Waals surface area (Å²) >= 11 is 18.1. The molecule has 1 aromatic rings. The minimum Gasteiger partial charge on any atom is -0.391 e. The van der Waals surface area contributed by atoms with Gasteiger partial charge in [0, 0.05) is 12.5 Å². The average molecular weight is 407 g/mol. The topological polar surface area (TPSA) is 81.7 Å². The SMILES string of the molecule is O=C(C[C@H]1NCCCC1O)CN1CNc2c(cc(Cl)c(Cl)c2Cl)C1=O. The van der Waals surface area contributed by atoms with Crippen molar-refractivity contribution in [1.82, 2.24) is 10.2 Å². The van der Waals surface area contributed by atoms with Gasteiger partial charge in [-0.2, -0.15) is 0 Å². The van der Waals surface area contributed by atoms with Gasteiger partial charge in [-0.1, -0.05) is 34.8 Å². The van der Waals surface area contributed by atoms with Crippen molar-refractivity contribution in [2.45, 2.75) is 31.4 Å². The molecule has 1 unspecified atom stereocenters. The molecule has 1 fully saturated rings. The second-order valence-electron chi connectivity index (χ2n) is 6.26. The van der Waals surface area contributed by atoms with Crippen molar-refractivity contribution < 1.29 is 14.7 Å². The van der Waals surface area contributed by atoms with E-state index in [1.54, 1.807) is 0 Å². The van der Waals surface area contributed by atoms with E-state index in [9.17, 15) is 14.7 Å². The molecule has 0 saturated carbocycles. The lowest BCUT2D eigenvalue weighted by atomic mass is 9.96. The number of hydrogen-bond acceptors (Lipinski definition) is 5. The average Bonchev–Trinajstić information content (AvgIpc) is 2.58. The molecule has 6 nitrogen and oxygen atoms in total. The number of carbonyl (C=O) groups is 2. The Morgan fingerprint density at radius 3 is 2.80 bits per heavy atom. The van der Waals surface area contributed by atoms with Gasteiger partial charge in [0.05, 0.1) is 45.6 Å². The van der Waals surface area contributed by atoms with Crippen molar-refractivity contribution in [3.05, 3.63) is 26.7 Å². The zero-order chi connectivity index (χ0) is 18.1. The van der Waals surface area contributed by atoms with Crippen LogP contribution in [0.3, 0.4) is 0 Å². The summed E-state index contributed by atoms with van der Waals surface area (Å²) in [4.78, 5) is 26.3. The molecule has 1 aromatic carbocycles. The van der Waals surface area contributed by atoms with Gasteiger partial charge in [-0.25, -0.2) is 0 Å². The first-order chi connectivity index (χ1) is 11.9. The molecule has 0 spiro atoms. The monoisotopic (exact) mass is 405 g/mol. The van der Waals surface area contributed by atoms with Gasteiger partial charge in [0.15, 0.2) is 5.78 Å². The van der Waals surface area contributed by atoms with Crippen LogP contribution in [-0.4, -0.2) is 53.6 Å². The maximum atomic E-state index is 12.6. The molecule has 2 aliphatic heterocycles. The fraction of sp³-hybridized carbons (Fsp3) is 0.500. The van der Waals surface area contributed by atoms with Crippen LogP contribution in [0.15, 0.2) is 6.07 Å². The number of amides is 1. The van der Waals surface area contributed by atoms with Crippen LogP contribution >= 0.6 is 34.8 Å². The van der Waals surface area contributed by atoms with E-state index in [0.717, 1.165) is 13.0 Å². The van der Waals surface area contributed by atoms with Gasteiger partial charge in [-0.05, 0) is 25.5 Å². The Balaban J connectivity index is 1.69. The van der Waals surface area contributed by atoms with Crippen LogP contribution in [0, 0.1) is 0 Å². The van der Waals surface area contributed by atoms with Crippen molar-refractivity contribution in [3.8, 4) is 0 Å². The lowest BCUT2D eigenvalue weighted by Crippen LogP contribution is -2.48. The van der Waals surface area contributed by atoms with Gasteiger partial charge in [0.1, 0.15) is 0 Å². The van der Waals surface area contributed by atoms with Gasteiger partial charge in [-0.3, -0.25) is 9.59 Å². The molecule has 0 radical (unpaired) electrons. The molecule has 0 aliphatic carbocycles. The Labute approximate surface area is 160 Å². The number of hydrogen-bond donors (Lipinski definition) is 3. The number of piperidine rings is 1. The van der Waals surface area contributed by atoms with Crippen molar-refractivity contribution in [2.24, 2.45) is 0 Å². The van der Waals surface area contributed by atoms with E-state index in [0.29, 0.717) is 12.1 Å². The van der Waals surface area contributed by atoms with E-state index in [-0.39, 0.29) is 58.0 Å². The van der Waals surface area contributed by atoms with Gasteiger partial charge >= 0.3 is 0 Å². The molecule has 2 atom stereocenters. The summed E-state index contributed by atoms with van der Waals surface area (Å²) in [5, 5.41) is 16.7. The number of carbonyl (C=O) groups excluding carboxylic acids is 2. The van der Waals surface area contributed by atoms with E-state index in [1.165, 1.54) is 11.0 Å². The number of fused-ring (bicyclic) bond motifs is 1. The first-order valence-electron chi connectivity index (χ1n) is 8.02. The molecule has 2 heterocycles. The van der Waals surface area contributed by atoms with Crippen LogP contribution in [-0.2, 0) is 4.79 Å². The number of halogens is 3. The second kappa shape index (κ2) is 7.68. The van der Waals surface area contributed by atoms with Crippen LogP contribution in [0.1, 0.15) is 29.6 Å². The van der Waals surface area contributed by atoms with Crippen molar-refractivity contribution in [1.29, 1.82) is 0 Å². The molecular weight excluding hydrogens is 389 g/mol. The quantitative estimate of drug-likeness (QED) is 0.670. The summed E-state index contributed by atoms with van der Waals surface area (Å²) in [5.74, 6) is -0.456. The largest absolute Gasteiger partial charge is 0.391 e. The van der Waals surface area contributed by atoms with Crippen molar-refractivity contribution >= 4 is 52.2 Å². The normalized spacial score (nSPS) is 23.2. The molecule has 0 bridgehead atoms. The number of benzene rings is 1. The summed E-state index contributed by atoms with van der Waals surface area (Å²) in [6.07, 6.45) is 1.22. The molecule has 3 N–H and O–H groups in total. The van der Waals surface area contributed by atoms with Crippen molar-refractivity contribution in [3.63, 3.8) is 0 Å². The number of nitrogens with one attached hydrogen (secondary N) is 2. The summed E-state index contributed by atoms with van der Waals surface area (Å²) in [5.41, 5.74) is 0.711. The Morgan fingerprint density at radius 2 is 2.08 bits per heavy atom. The Kier molecular flexibility index (Phi) is 5.75. The fourth-order valence-corrected chi connectivity index (χ4v) is 3.82. The number of ketones is 1. The van der Waals surface area contributed by atoms with Gasteiger partial charge < -0.3 is 20.6 Å². The highest BCUT2D eigenvalue weighted by Gasteiger charge is 2.31. The zero-order valence-electron chi connectivity index (χ0n) is 13.3. The highest BCUT2D eigenvalue weighted by molar-refractivity contribution is 6.49. The summed E-state index contributed by atoms with van der Waals surface area (Å²) in [6.45, 7) is 0.883. The minimum atomic E-state index is -0.534. The van der Waals surface area contributed by atoms with E-state index in [4.69, 9.17) is 34.8 Å². The van der Waals surface area contributed by atoms with Crippen molar-refractivity contribution in [2.75, 3.05) is 25.1 Å². The predicted octanol–water partition coefficient (Wildman–Crippen LogP) is 2.54. The second-order valence-corrected chi connectivity index (χ2v) is 7.42. The van der Waals surface area contributed by atoms with Crippen LogP contribution in [0.2, 0.25) is 15.1 Å². The Morgan fingerprint density at radius 1 is 1.32 bits per heavy atom. The molecule has 2 aliphatic rings. The standard InChI is InChI=1S/C16H18Cl3N3O3/c17-10-5-9-15(14(19)13(10)18)21-7-22(16(9)25)6-8(23)4-11-12(24)2-1-3-20-11/h5,11-12,20-21,24H,1-4,6-7H2/t11-,12?/m1/s1. The number of aliphatic hydroxyl groups is 1. The first-order valence-corrected chi connectivity index (χ1v) is 9.15. The van der Waals surface area contributed by atoms with Gasteiger partial charge in [0.25, 0.3) is 5.91 Å². The maximum absolute atomic E-state index is 12.6. The van der Waals surface area contributed by atoms with E-state index in [1.807, 2.05) is 0 Å². The highest BCUT2D eigenvalue weighted by Crippen LogP contribution is 2.40. The van der Waals surface area contributed by atoms with E-state index < -0.39 is 6.10 Å². The minimum absolute atomic E-state index is 0.0476. The van der Waals surface area contributed by atoms with Crippen LogP contribution in [0.4, 0.5) is 5.69 Å². The summed E-state index contributed by atoms with van der Waals surface area (Å²) in [6, 6.07) is 1.19. The van der Waals surface area contributed by atoms with Gasteiger partial charge in [0.2, 0.25) is 0 Å². The summed E-state index contributed by atoms with van der Waals surface area (Å²) < 4.78 is 0. The lowest BCUT2D eigenvalue weighted by molar-refractivity contribution is -0.121. The number of anilines is 1. The molecule has 1 saturated heterocycles. The molecule has 3 rings (SSSR count). The predicted molar refractivity (Wildman–Crippen MR) is 97.7 cm³/mol. The Hall–Kier alpha value is -1.05. The highest BCUT2D eigenvalue weighted by atomic mass is 35.5. The number of Topliss-reactive ketones (excluding diaryl/α,β-unsaturated/α-hetero) is 1. The van der Waals surface area contributed by atoms with E-state index in [2.05, 4.69) is 10.6 Å². The zero-order valence-corrected chi connectivity index (χ0v) is 15.6. The molecular formula is C16H18Cl3N3O3. The molecule has 9 heteroatoms. The van der Waals surface area contributed by atoms with E-state index >= 15 is 0 Å². The van der Waals surface area contributed by atoms with Crippen LogP contribution in [0.5, 0.6) is 0 Å². The summed E-state index contributed by atoms with van der Waals surface area (Å²) in [7, 11) is 0. The Bertz CT molecular complexity index is 714. The molecule has 0 aromatic heterocycles. The number of aliphatic hydroxyl groups excluding tert-OH is 1. The smallest absolute Gasteiger partial charge is 0.257 e. The van der Waals surface area contributed by atoms with Crippen LogP contribution in [0.25, 0.3) is 0 Å². The third-order valence-corrected chi connectivity index (χ3v) is 5.75. The molecule has 1 amide bonds. The van der Waals surface area contributed by atoms with Gasteiger partial charge in [-0.15, -0.1) is 0 Å². The number of nitrogens with zero attached hydrogens (tertiary/aromatic N) is 1. The number of rotatable bonds is 4.